The summed E-state index contributed by atoms with van der Waals surface area (Å²) in [6, 6.07) is 0. The van der Waals surface area contributed by atoms with Crippen molar-refractivity contribution in [1.29, 1.82) is 0 Å². The van der Waals surface area contributed by atoms with Gasteiger partial charge in [-0.3, -0.25) is 4.90 Å². The highest BCUT2D eigenvalue weighted by atomic mass is 32.2. The Morgan fingerprint density at radius 2 is 2.45 bits per heavy atom. The Labute approximate surface area is 73.0 Å². The van der Waals surface area contributed by atoms with Crippen LogP contribution in [0.5, 0.6) is 0 Å². The van der Waals surface area contributed by atoms with E-state index in [1.54, 1.807) is 0 Å². The summed E-state index contributed by atoms with van der Waals surface area (Å²) < 4.78 is 0. The Morgan fingerprint density at radius 1 is 1.64 bits per heavy atom. The molecule has 0 radical (unpaired) electrons. The number of piperidine rings is 1. The molecule has 0 bridgehead atoms. The van der Waals surface area contributed by atoms with Crippen molar-refractivity contribution in [2.45, 2.75) is 18.9 Å². The smallest absolute Gasteiger partial charge is 0.0667 e. The van der Waals surface area contributed by atoms with Crippen molar-refractivity contribution in [3.63, 3.8) is 0 Å². The minimum atomic E-state index is -0.0643. The van der Waals surface area contributed by atoms with Crippen LogP contribution in [0.15, 0.2) is 0 Å². The van der Waals surface area contributed by atoms with E-state index in [1.807, 2.05) is 11.8 Å². The largest absolute Gasteiger partial charge is 0.392 e. The van der Waals surface area contributed by atoms with Gasteiger partial charge < -0.3 is 5.11 Å². The molecule has 0 aromatic rings. The minimum absolute atomic E-state index is 0.0643. The van der Waals surface area contributed by atoms with Crippen LogP contribution in [0.3, 0.4) is 0 Å². The van der Waals surface area contributed by atoms with Crippen LogP contribution in [0, 0.1) is 0 Å². The van der Waals surface area contributed by atoms with E-state index in [1.165, 1.54) is 12.3 Å². The lowest BCUT2D eigenvalue weighted by Gasteiger charge is -2.29. The Hall–Kier alpha value is 0.270. The lowest BCUT2D eigenvalue weighted by molar-refractivity contribution is 0.0743. The van der Waals surface area contributed by atoms with Crippen molar-refractivity contribution in [3.05, 3.63) is 0 Å². The van der Waals surface area contributed by atoms with Gasteiger partial charge in [-0.1, -0.05) is 0 Å². The van der Waals surface area contributed by atoms with Gasteiger partial charge in [0.1, 0.15) is 0 Å². The summed E-state index contributed by atoms with van der Waals surface area (Å²) in [4.78, 5) is 2.35. The van der Waals surface area contributed by atoms with Crippen molar-refractivity contribution < 1.29 is 5.11 Å². The van der Waals surface area contributed by atoms with Crippen LogP contribution in [-0.2, 0) is 0 Å². The summed E-state index contributed by atoms with van der Waals surface area (Å²) in [5.74, 6) is 1.19. The average Bonchev–Trinajstić information content (AvgIpc) is 2.01. The SMILES string of the molecule is CSCCN1CCC[C@H](O)C1. The molecule has 0 spiro atoms. The molecule has 66 valence electrons. The zero-order chi connectivity index (χ0) is 8.10. The molecule has 0 unspecified atom stereocenters. The Balaban J connectivity index is 2.12. The fourth-order valence-electron chi connectivity index (χ4n) is 1.45. The van der Waals surface area contributed by atoms with E-state index < -0.39 is 0 Å². The lowest BCUT2D eigenvalue weighted by Crippen LogP contribution is -2.39. The van der Waals surface area contributed by atoms with Crippen LogP contribution >= 0.6 is 11.8 Å². The van der Waals surface area contributed by atoms with Crippen LogP contribution in [0.4, 0.5) is 0 Å². The van der Waals surface area contributed by atoms with Crippen LogP contribution in [0.1, 0.15) is 12.8 Å². The van der Waals surface area contributed by atoms with E-state index >= 15 is 0 Å². The topological polar surface area (TPSA) is 23.5 Å². The summed E-state index contributed by atoms with van der Waals surface area (Å²) >= 11 is 1.87. The predicted molar refractivity (Wildman–Crippen MR) is 50.1 cm³/mol. The summed E-state index contributed by atoms with van der Waals surface area (Å²) in [6.07, 6.45) is 4.22. The Kier molecular flexibility index (Phi) is 4.26. The maximum atomic E-state index is 9.33. The standard InChI is InChI=1S/C8H17NOS/c1-11-6-5-9-4-2-3-8(10)7-9/h8,10H,2-7H2,1H3/t8-/m0/s1. The number of β-amino-alcohol motifs (C(OH)–C–C–N with tert-alkyl or cyclic N) is 1. The van der Waals surface area contributed by atoms with Gasteiger partial charge >= 0.3 is 0 Å². The van der Waals surface area contributed by atoms with Gasteiger partial charge in [-0.05, 0) is 25.6 Å². The van der Waals surface area contributed by atoms with Gasteiger partial charge in [-0.15, -0.1) is 0 Å². The van der Waals surface area contributed by atoms with Crippen molar-refractivity contribution in [2.75, 3.05) is 31.6 Å². The number of rotatable bonds is 3. The van der Waals surface area contributed by atoms with E-state index in [0.717, 1.165) is 25.9 Å². The van der Waals surface area contributed by atoms with E-state index in [-0.39, 0.29) is 6.10 Å². The Morgan fingerprint density at radius 3 is 3.09 bits per heavy atom. The maximum absolute atomic E-state index is 9.33. The quantitative estimate of drug-likeness (QED) is 0.686. The van der Waals surface area contributed by atoms with E-state index in [4.69, 9.17) is 0 Å². The second-order valence-corrected chi connectivity index (χ2v) is 4.08. The number of hydrogen-bond donors (Lipinski definition) is 1. The zero-order valence-corrected chi connectivity index (χ0v) is 7.94. The molecule has 1 atom stereocenters. The monoisotopic (exact) mass is 175 g/mol. The molecule has 1 aliphatic heterocycles. The number of aliphatic hydroxyl groups is 1. The highest BCUT2D eigenvalue weighted by molar-refractivity contribution is 7.98. The van der Waals surface area contributed by atoms with Crippen molar-refractivity contribution in [3.8, 4) is 0 Å². The first-order valence-corrected chi connectivity index (χ1v) is 5.61. The molecule has 0 saturated carbocycles. The van der Waals surface area contributed by atoms with Crippen LogP contribution < -0.4 is 0 Å². The second-order valence-electron chi connectivity index (χ2n) is 3.09. The fourth-order valence-corrected chi connectivity index (χ4v) is 1.90. The first-order chi connectivity index (χ1) is 5.33. The summed E-state index contributed by atoms with van der Waals surface area (Å²) in [7, 11) is 0. The number of aliphatic hydroxyl groups excluding tert-OH is 1. The lowest BCUT2D eigenvalue weighted by atomic mass is 10.1. The molecule has 0 aliphatic carbocycles. The zero-order valence-electron chi connectivity index (χ0n) is 7.12. The molecule has 1 rings (SSSR count). The number of likely N-dealkylation sites (tertiary alicyclic amines) is 1. The highest BCUT2D eigenvalue weighted by Gasteiger charge is 2.16. The first-order valence-electron chi connectivity index (χ1n) is 4.22. The van der Waals surface area contributed by atoms with Gasteiger partial charge in [0.2, 0.25) is 0 Å². The summed E-state index contributed by atoms with van der Waals surface area (Å²) in [6.45, 7) is 3.20. The third-order valence-electron chi connectivity index (χ3n) is 2.09. The predicted octanol–water partition coefficient (Wildman–Crippen LogP) is 0.806. The molecule has 1 fully saturated rings. The van der Waals surface area contributed by atoms with Gasteiger partial charge in [0.25, 0.3) is 0 Å². The first kappa shape index (κ1) is 9.36. The third-order valence-corrected chi connectivity index (χ3v) is 2.68. The molecule has 0 amide bonds. The molecular weight excluding hydrogens is 158 g/mol. The third kappa shape index (κ3) is 3.45. The van der Waals surface area contributed by atoms with Crippen LogP contribution in [0.25, 0.3) is 0 Å². The average molecular weight is 175 g/mol. The van der Waals surface area contributed by atoms with Crippen molar-refractivity contribution >= 4 is 11.8 Å². The summed E-state index contributed by atoms with van der Waals surface area (Å²) in [5.41, 5.74) is 0. The Bertz CT molecular complexity index is 110. The number of nitrogens with zero attached hydrogens (tertiary/aromatic N) is 1. The molecule has 1 heterocycles. The number of thioether (sulfide) groups is 1. The minimum Gasteiger partial charge on any atom is -0.392 e. The molecule has 2 nitrogen and oxygen atoms in total. The van der Waals surface area contributed by atoms with Gasteiger partial charge in [0.15, 0.2) is 0 Å². The maximum Gasteiger partial charge on any atom is 0.0667 e. The molecule has 11 heavy (non-hydrogen) atoms. The molecule has 1 aliphatic rings. The molecule has 3 heteroatoms. The van der Waals surface area contributed by atoms with Crippen molar-refractivity contribution in [1.82, 2.24) is 4.90 Å². The van der Waals surface area contributed by atoms with Gasteiger partial charge in [-0.25, -0.2) is 0 Å². The van der Waals surface area contributed by atoms with E-state index in [2.05, 4.69) is 11.2 Å². The molecule has 0 aromatic heterocycles. The summed E-state index contributed by atoms with van der Waals surface area (Å²) in [5, 5.41) is 9.33. The van der Waals surface area contributed by atoms with Gasteiger partial charge in [-0.2, -0.15) is 11.8 Å². The second kappa shape index (κ2) is 5.01. The molecule has 1 N–H and O–H groups in total. The normalized spacial score (nSPS) is 27.3. The highest BCUT2D eigenvalue weighted by Crippen LogP contribution is 2.09. The van der Waals surface area contributed by atoms with Gasteiger partial charge in [0.05, 0.1) is 6.10 Å². The fraction of sp³-hybridized carbons (Fsp3) is 1.00. The molecule has 1 saturated heterocycles. The van der Waals surface area contributed by atoms with E-state index in [0.29, 0.717) is 0 Å². The molecule has 0 aromatic carbocycles. The van der Waals surface area contributed by atoms with E-state index in [9.17, 15) is 5.11 Å². The van der Waals surface area contributed by atoms with Gasteiger partial charge in [0, 0.05) is 18.8 Å². The van der Waals surface area contributed by atoms with Crippen molar-refractivity contribution in [2.24, 2.45) is 0 Å². The molecular formula is C8H17NOS. The van der Waals surface area contributed by atoms with Crippen LogP contribution in [0.2, 0.25) is 0 Å². The van der Waals surface area contributed by atoms with Crippen LogP contribution in [-0.4, -0.2) is 47.8 Å². The number of hydrogen-bond acceptors (Lipinski definition) is 3.